The summed E-state index contributed by atoms with van der Waals surface area (Å²) in [6, 6.07) is 7.19. The molecule has 0 aliphatic carbocycles. The second kappa shape index (κ2) is 12.2. The topological polar surface area (TPSA) is 93.7 Å². The Bertz CT molecular complexity index is 1290. The lowest BCUT2D eigenvalue weighted by Crippen LogP contribution is -2.38. The summed E-state index contributed by atoms with van der Waals surface area (Å²) in [5, 5.41) is 6.37. The molecule has 194 valence electrons. The van der Waals surface area contributed by atoms with E-state index in [1.54, 1.807) is 44.0 Å². The third-order valence-electron chi connectivity index (χ3n) is 6.20. The largest absolute Gasteiger partial charge is 0.493 e. The van der Waals surface area contributed by atoms with Crippen molar-refractivity contribution in [1.82, 2.24) is 14.9 Å². The summed E-state index contributed by atoms with van der Waals surface area (Å²) >= 11 is 3.00. The number of carbonyl (C=O) groups is 2. The number of amides is 2. The van der Waals surface area contributed by atoms with Crippen molar-refractivity contribution in [3.63, 3.8) is 0 Å². The predicted molar refractivity (Wildman–Crippen MR) is 147 cm³/mol. The molecule has 0 spiro atoms. The summed E-state index contributed by atoms with van der Waals surface area (Å²) in [6.45, 7) is 6.91. The van der Waals surface area contributed by atoms with E-state index in [-0.39, 0.29) is 17.7 Å². The number of likely N-dealkylation sites (tertiary alicyclic amines) is 1. The number of pyridine rings is 1. The number of rotatable bonds is 9. The van der Waals surface area contributed by atoms with Gasteiger partial charge in [0.2, 0.25) is 0 Å². The number of thioether (sulfide) groups is 1. The number of ether oxygens (including phenoxy) is 2. The number of anilines is 1. The minimum atomic E-state index is -0.272. The van der Waals surface area contributed by atoms with Crippen molar-refractivity contribution in [3.05, 3.63) is 70.3 Å². The molecule has 0 atom stereocenters. The third-order valence-corrected chi connectivity index (χ3v) is 8.21. The van der Waals surface area contributed by atoms with E-state index in [1.807, 2.05) is 24.0 Å². The maximum absolute atomic E-state index is 13.2. The average Bonchev–Trinajstić information content (AvgIpc) is 3.43. The number of aromatic nitrogens is 2. The summed E-state index contributed by atoms with van der Waals surface area (Å²) in [4.78, 5) is 37.0. The Balaban J connectivity index is 1.38. The van der Waals surface area contributed by atoms with Crippen LogP contribution >= 0.6 is 23.1 Å². The molecule has 0 unspecified atom stereocenters. The van der Waals surface area contributed by atoms with Crippen molar-refractivity contribution >= 4 is 40.6 Å². The molecule has 2 aromatic heterocycles. The lowest BCUT2D eigenvalue weighted by molar-refractivity contribution is 0.0708. The highest BCUT2D eigenvalue weighted by Gasteiger charge is 2.28. The monoisotopic (exact) mass is 538 g/mol. The lowest BCUT2D eigenvalue weighted by Gasteiger charge is -2.31. The molecular formula is C27H30N4O4S2. The molecule has 1 fully saturated rings. The zero-order chi connectivity index (χ0) is 26.4. The molecule has 8 nitrogen and oxygen atoms in total. The van der Waals surface area contributed by atoms with Gasteiger partial charge in [0.1, 0.15) is 10.7 Å². The Morgan fingerprint density at radius 3 is 2.68 bits per heavy atom. The molecule has 3 heterocycles. The van der Waals surface area contributed by atoms with Gasteiger partial charge >= 0.3 is 0 Å². The molecule has 0 bridgehead atoms. The molecule has 1 aliphatic rings. The number of hydrogen-bond acceptors (Lipinski definition) is 8. The Morgan fingerprint density at radius 2 is 1.97 bits per heavy atom. The van der Waals surface area contributed by atoms with E-state index in [2.05, 4.69) is 21.9 Å². The maximum atomic E-state index is 13.2. The van der Waals surface area contributed by atoms with Crippen LogP contribution < -0.4 is 14.8 Å². The minimum Gasteiger partial charge on any atom is -0.493 e. The highest BCUT2D eigenvalue weighted by Crippen LogP contribution is 2.34. The van der Waals surface area contributed by atoms with Crippen LogP contribution in [-0.2, 0) is 0 Å². The Labute approximate surface area is 225 Å². The van der Waals surface area contributed by atoms with Gasteiger partial charge in [0.15, 0.2) is 11.5 Å². The number of nitrogens with one attached hydrogen (secondary N) is 1. The predicted octanol–water partition coefficient (Wildman–Crippen LogP) is 5.41. The maximum Gasteiger partial charge on any atom is 0.275 e. The number of piperidine rings is 1. The van der Waals surface area contributed by atoms with Crippen LogP contribution in [0.1, 0.15) is 50.2 Å². The number of carbonyl (C=O) groups excluding carboxylic acids is 2. The third kappa shape index (κ3) is 6.14. The average molecular weight is 539 g/mol. The molecule has 10 heteroatoms. The SMILES string of the molecule is C=CCSc1ncccc1C(=O)N1CCC(c2nc(C(=O)Nc3cc(OC)c(OC)cc3C)cs2)CC1. The Hall–Kier alpha value is -3.37. The zero-order valence-corrected chi connectivity index (χ0v) is 22.8. The Morgan fingerprint density at radius 1 is 1.24 bits per heavy atom. The Kier molecular flexibility index (Phi) is 8.83. The molecule has 37 heavy (non-hydrogen) atoms. The number of benzene rings is 1. The van der Waals surface area contributed by atoms with Crippen LogP contribution in [0.2, 0.25) is 0 Å². The molecule has 2 amide bonds. The van der Waals surface area contributed by atoms with Gasteiger partial charge in [-0.25, -0.2) is 9.97 Å². The fraction of sp³-hybridized carbons (Fsp3) is 0.333. The number of aryl methyl sites for hydroxylation is 1. The van der Waals surface area contributed by atoms with Gasteiger partial charge in [-0.1, -0.05) is 6.08 Å². The standard InChI is InChI=1S/C27H30N4O4S2/c1-5-13-36-26-19(7-6-10-28-26)27(33)31-11-8-18(9-12-31)25-30-21(16-37-25)24(32)29-20-15-23(35-4)22(34-3)14-17(20)2/h5-7,10,14-16,18H,1,8-9,11-13H2,2-4H3,(H,29,32). The van der Waals surface area contributed by atoms with E-state index in [0.29, 0.717) is 47.3 Å². The molecule has 4 rings (SSSR count). The van der Waals surface area contributed by atoms with Crippen molar-refractivity contribution in [1.29, 1.82) is 0 Å². The summed E-state index contributed by atoms with van der Waals surface area (Å²) in [5.74, 6) is 1.79. The first-order valence-electron chi connectivity index (χ1n) is 11.9. The van der Waals surface area contributed by atoms with Crippen LogP contribution in [0.15, 0.2) is 53.5 Å². The van der Waals surface area contributed by atoms with Crippen molar-refractivity contribution in [2.75, 3.05) is 38.4 Å². The number of thiazole rings is 1. The molecule has 0 saturated carbocycles. The van der Waals surface area contributed by atoms with E-state index in [1.165, 1.54) is 23.1 Å². The highest BCUT2D eigenvalue weighted by molar-refractivity contribution is 7.99. The van der Waals surface area contributed by atoms with Gasteiger partial charge in [0.05, 0.1) is 24.8 Å². The van der Waals surface area contributed by atoms with Crippen LogP contribution in [0.4, 0.5) is 5.69 Å². The van der Waals surface area contributed by atoms with Gasteiger partial charge in [-0.3, -0.25) is 9.59 Å². The number of methoxy groups -OCH3 is 2. The highest BCUT2D eigenvalue weighted by atomic mass is 32.2. The quantitative estimate of drug-likeness (QED) is 0.287. The molecule has 1 saturated heterocycles. The molecule has 1 aliphatic heterocycles. The smallest absolute Gasteiger partial charge is 0.275 e. The molecule has 1 aromatic carbocycles. The van der Waals surface area contributed by atoms with Crippen molar-refractivity contribution in [3.8, 4) is 11.5 Å². The fourth-order valence-electron chi connectivity index (χ4n) is 4.19. The van der Waals surface area contributed by atoms with Gasteiger partial charge < -0.3 is 19.7 Å². The van der Waals surface area contributed by atoms with Crippen molar-refractivity contribution < 1.29 is 19.1 Å². The molecule has 3 aromatic rings. The van der Waals surface area contributed by atoms with E-state index in [4.69, 9.17) is 9.47 Å². The van der Waals surface area contributed by atoms with Crippen LogP contribution in [0.5, 0.6) is 11.5 Å². The van der Waals surface area contributed by atoms with E-state index in [0.717, 1.165) is 28.4 Å². The first-order valence-corrected chi connectivity index (χ1v) is 13.8. The van der Waals surface area contributed by atoms with Gasteiger partial charge in [-0.05, 0) is 43.5 Å². The minimum absolute atomic E-state index is 0.00241. The summed E-state index contributed by atoms with van der Waals surface area (Å²) in [7, 11) is 3.13. The van der Waals surface area contributed by atoms with E-state index in [9.17, 15) is 9.59 Å². The van der Waals surface area contributed by atoms with Crippen molar-refractivity contribution in [2.24, 2.45) is 0 Å². The van der Waals surface area contributed by atoms with E-state index >= 15 is 0 Å². The first-order chi connectivity index (χ1) is 17.9. The van der Waals surface area contributed by atoms with Crippen molar-refractivity contribution in [2.45, 2.75) is 30.7 Å². The molecular weight excluding hydrogens is 508 g/mol. The number of hydrogen-bond donors (Lipinski definition) is 1. The summed E-state index contributed by atoms with van der Waals surface area (Å²) in [6.07, 6.45) is 5.10. The number of nitrogens with zero attached hydrogens (tertiary/aromatic N) is 3. The molecule has 0 radical (unpaired) electrons. The lowest BCUT2D eigenvalue weighted by atomic mass is 9.97. The van der Waals surface area contributed by atoms with Crippen LogP contribution in [-0.4, -0.2) is 59.7 Å². The first kappa shape index (κ1) is 26.7. The van der Waals surface area contributed by atoms with Crippen LogP contribution in [0, 0.1) is 6.92 Å². The van der Waals surface area contributed by atoms with Gasteiger partial charge in [0, 0.05) is 48.1 Å². The zero-order valence-electron chi connectivity index (χ0n) is 21.2. The van der Waals surface area contributed by atoms with Crippen LogP contribution in [0.25, 0.3) is 0 Å². The fourth-order valence-corrected chi connectivity index (χ4v) is 5.88. The normalized spacial score (nSPS) is 13.8. The second-order valence-electron chi connectivity index (χ2n) is 8.57. The molecule has 1 N–H and O–H groups in total. The van der Waals surface area contributed by atoms with Gasteiger partial charge in [-0.2, -0.15) is 0 Å². The van der Waals surface area contributed by atoms with Gasteiger partial charge in [0.25, 0.3) is 11.8 Å². The van der Waals surface area contributed by atoms with Gasteiger partial charge in [-0.15, -0.1) is 29.7 Å². The van der Waals surface area contributed by atoms with E-state index < -0.39 is 0 Å². The summed E-state index contributed by atoms with van der Waals surface area (Å²) < 4.78 is 10.7. The summed E-state index contributed by atoms with van der Waals surface area (Å²) in [5.41, 5.74) is 2.52. The van der Waals surface area contributed by atoms with Crippen LogP contribution in [0.3, 0.4) is 0 Å². The second-order valence-corrected chi connectivity index (χ2v) is 10.5.